The zero-order valence-electron chi connectivity index (χ0n) is 19.5. The number of aromatic amines is 1. The minimum Gasteiger partial charge on any atom is -0.497 e. The van der Waals surface area contributed by atoms with Gasteiger partial charge in [-0.2, -0.15) is 0 Å². The Hall–Kier alpha value is -3.56. The molecule has 9 heteroatoms. The third-order valence-corrected chi connectivity index (χ3v) is 6.51. The van der Waals surface area contributed by atoms with Crippen LogP contribution in [0.3, 0.4) is 0 Å². The van der Waals surface area contributed by atoms with E-state index in [-0.39, 0.29) is 11.6 Å². The lowest BCUT2D eigenvalue weighted by atomic mass is 10.0. The molecule has 3 heterocycles. The molecule has 1 aliphatic heterocycles. The van der Waals surface area contributed by atoms with E-state index in [1.807, 2.05) is 36.4 Å². The number of benzene rings is 2. The van der Waals surface area contributed by atoms with Gasteiger partial charge in [0, 0.05) is 5.52 Å². The molecule has 5 rings (SSSR count). The Kier molecular flexibility index (Phi) is 6.37. The van der Waals surface area contributed by atoms with Crippen LogP contribution in [0.5, 0.6) is 5.75 Å². The fraction of sp³-hybridized carbons (Fsp3) is 0.360. The number of tetrazole rings is 1. The number of nitrogens with zero attached hydrogens (tertiary/aromatic N) is 4. The molecule has 1 fully saturated rings. The van der Waals surface area contributed by atoms with Crippen molar-refractivity contribution < 1.29 is 14.4 Å². The van der Waals surface area contributed by atoms with Gasteiger partial charge in [-0.05, 0) is 63.7 Å². The van der Waals surface area contributed by atoms with Crippen molar-refractivity contribution in [3.05, 3.63) is 81.4 Å². The van der Waals surface area contributed by atoms with Crippen LogP contribution in [0.4, 0.5) is 0 Å². The molecule has 0 spiro atoms. The van der Waals surface area contributed by atoms with Crippen molar-refractivity contribution in [2.75, 3.05) is 33.4 Å². The average molecular weight is 462 g/mol. The molecule has 0 radical (unpaired) electrons. The van der Waals surface area contributed by atoms with Crippen LogP contribution in [0.1, 0.15) is 35.5 Å². The number of rotatable bonds is 7. The lowest BCUT2D eigenvalue weighted by Crippen LogP contribution is -3.14. The van der Waals surface area contributed by atoms with Crippen LogP contribution in [-0.2, 0) is 17.7 Å². The van der Waals surface area contributed by atoms with E-state index in [1.54, 1.807) is 11.8 Å². The summed E-state index contributed by atoms with van der Waals surface area (Å²) in [5.41, 5.74) is 3.66. The van der Waals surface area contributed by atoms with E-state index in [9.17, 15) is 4.79 Å². The smallest absolute Gasteiger partial charge is 0.258 e. The van der Waals surface area contributed by atoms with Crippen LogP contribution >= 0.6 is 0 Å². The van der Waals surface area contributed by atoms with E-state index in [2.05, 4.69) is 39.6 Å². The number of ether oxygens (including phenoxy) is 2. The van der Waals surface area contributed by atoms with Crippen molar-refractivity contribution in [1.29, 1.82) is 0 Å². The molecule has 2 aromatic carbocycles. The fourth-order valence-corrected chi connectivity index (χ4v) is 4.61. The summed E-state index contributed by atoms with van der Waals surface area (Å²) >= 11 is 0. The molecule has 34 heavy (non-hydrogen) atoms. The zero-order chi connectivity index (χ0) is 23.5. The number of morpholine rings is 1. The summed E-state index contributed by atoms with van der Waals surface area (Å²) in [6, 6.07) is 15.7. The first-order chi connectivity index (χ1) is 16.7. The molecule has 0 unspecified atom stereocenters. The van der Waals surface area contributed by atoms with Gasteiger partial charge in [0.25, 0.3) is 5.56 Å². The monoisotopic (exact) mass is 461 g/mol. The standard InChI is InChI=1S/C25H28N6O3/c1-3-17-6-9-22-19(14-17)15-21(25(32)26-22)23(30-10-12-34-13-11-30)24-27-28-29-31(24)16-18-4-7-20(33-2)8-5-18/h4-9,14-15,23H,3,10-13,16H2,1-2H3,(H,26,32)/p+1/t23-/m1/s1. The zero-order valence-corrected chi connectivity index (χ0v) is 19.5. The summed E-state index contributed by atoms with van der Waals surface area (Å²) in [6.45, 7) is 5.44. The van der Waals surface area contributed by atoms with Crippen molar-refractivity contribution in [3.8, 4) is 5.75 Å². The van der Waals surface area contributed by atoms with E-state index in [1.165, 1.54) is 10.5 Å². The van der Waals surface area contributed by atoms with Gasteiger partial charge in [0.05, 0.1) is 32.4 Å². The second-order valence-electron chi connectivity index (χ2n) is 8.58. The Morgan fingerprint density at radius 2 is 1.88 bits per heavy atom. The van der Waals surface area contributed by atoms with Gasteiger partial charge in [0.1, 0.15) is 18.8 Å². The highest BCUT2D eigenvalue weighted by Crippen LogP contribution is 2.21. The number of quaternary nitrogens is 1. The van der Waals surface area contributed by atoms with Crippen LogP contribution in [0.2, 0.25) is 0 Å². The molecule has 2 aromatic heterocycles. The van der Waals surface area contributed by atoms with Crippen molar-refractivity contribution in [3.63, 3.8) is 0 Å². The summed E-state index contributed by atoms with van der Waals surface area (Å²) < 4.78 is 12.7. The van der Waals surface area contributed by atoms with Gasteiger partial charge in [-0.1, -0.05) is 25.1 Å². The van der Waals surface area contributed by atoms with Gasteiger partial charge in [-0.3, -0.25) is 4.79 Å². The highest BCUT2D eigenvalue weighted by molar-refractivity contribution is 5.79. The number of H-pyrrole nitrogens is 1. The molecular weight excluding hydrogens is 432 g/mol. The Balaban J connectivity index is 1.58. The molecule has 1 saturated heterocycles. The molecule has 0 aliphatic carbocycles. The number of hydrogen-bond acceptors (Lipinski definition) is 6. The van der Waals surface area contributed by atoms with Gasteiger partial charge in [0.2, 0.25) is 5.82 Å². The third kappa shape index (κ3) is 4.44. The number of nitrogens with one attached hydrogen (secondary N) is 2. The molecular formula is C25H29N6O3+. The Bertz CT molecular complexity index is 1320. The maximum atomic E-state index is 13.3. The van der Waals surface area contributed by atoms with Crippen LogP contribution in [0, 0.1) is 0 Å². The number of hydrogen-bond donors (Lipinski definition) is 2. The van der Waals surface area contributed by atoms with Gasteiger partial charge < -0.3 is 19.4 Å². The van der Waals surface area contributed by atoms with E-state index in [4.69, 9.17) is 9.47 Å². The molecule has 1 atom stereocenters. The normalized spacial score (nSPS) is 15.5. The van der Waals surface area contributed by atoms with Crippen molar-refractivity contribution in [2.24, 2.45) is 0 Å². The Labute approximate surface area is 197 Å². The van der Waals surface area contributed by atoms with E-state index in [0.29, 0.717) is 31.1 Å². The summed E-state index contributed by atoms with van der Waals surface area (Å²) in [7, 11) is 1.65. The molecule has 9 nitrogen and oxygen atoms in total. The largest absolute Gasteiger partial charge is 0.497 e. The number of aryl methyl sites for hydroxylation is 1. The summed E-state index contributed by atoms with van der Waals surface area (Å²) in [6.07, 6.45) is 0.933. The van der Waals surface area contributed by atoms with Crippen LogP contribution in [0.25, 0.3) is 10.9 Å². The van der Waals surface area contributed by atoms with Crippen LogP contribution in [-0.4, -0.2) is 58.6 Å². The minimum atomic E-state index is -0.310. The van der Waals surface area contributed by atoms with Crippen LogP contribution < -0.4 is 15.2 Å². The summed E-state index contributed by atoms with van der Waals surface area (Å²) in [4.78, 5) is 17.6. The van der Waals surface area contributed by atoms with Crippen molar-refractivity contribution in [1.82, 2.24) is 25.2 Å². The summed E-state index contributed by atoms with van der Waals surface area (Å²) in [5.74, 6) is 1.47. The predicted molar refractivity (Wildman–Crippen MR) is 127 cm³/mol. The number of fused-ring (bicyclic) bond motifs is 1. The molecule has 4 aromatic rings. The quantitative estimate of drug-likeness (QED) is 0.428. The SMILES string of the molecule is CCc1ccc2[nH]c(=O)c([C@H](c3nnnn3Cc3ccc(OC)cc3)[NH+]3CCOCC3)cc2c1. The number of pyridine rings is 1. The highest BCUT2D eigenvalue weighted by atomic mass is 16.5. The Morgan fingerprint density at radius 1 is 1.12 bits per heavy atom. The van der Waals surface area contributed by atoms with Gasteiger partial charge in [0.15, 0.2) is 6.04 Å². The summed E-state index contributed by atoms with van der Waals surface area (Å²) in [5, 5.41) is 13.7. The molecule has 2 N–H and O–H groups in total. The van der Waals surface area contributed by atoms with E-state index < -0.39 is 0 Å². The van der Waals surface area contributed by atoms with Gasteiger partial charge in [-0.15, -0.1) is 5.10 Å². The van der Waals surface area contributed by atoms with E-state index in [0.717, 1.165) is 41.7 Å². The molecule has 1 aliphatic rings. The highest BCUT2D eigenvalue weighted by Gasteiger charge is 2.35. The van der Waals surface area contributed by atoms with Gasteiger partial charge >= 0.3 is 0 Å². The third-order valence-electron chi connectivity index (χ3n) is 6.51. The fourth-order valence-electron chi connectivity index (χ4n) is 4.61. The maximum absolute atomic E-state index is 13.3. The second kappa shape index (κ2) is 9.74. The first-order valence-corrected chi connectivity index (χ1v) is 11.6. The lowest BCUT2D eigenvalue weighted by Gasteiger charge is -2.30. The van der Waals surface area contributed by atoms with E-state index >= 15 is 0 Å². The lowest BCUT2D eigenvalue weighted by molar-refractivity contribution is -0.933. The predicted octanol–water partition coefficient (Wildman–Crippen LogP) is 1.14. The first-order valence-electron chi connectivity index (χ1n) is 11.6. The van der Waals surface area contributed by atoms with Crippen LogP contribution in [0.15, 0.2) is 53.3 Å². The van der Waals surface area contributed by atoms with Gasteiger partial charge in [-0.25, -0.2) is 4.68 Å². The molecule has 0 saturated carbocycles. The van der Waals surface area contributed by atoms with Crippen molar-refractivity contribution >= 4 is 10.9 Å². The minimum absolute atomic E-state index is 0.111. The molecule has 0 amide bonds. The number of methoxy groups -OCH3 is 1. The Morgan fingerprint density at radius 3 is 2.62 bits per heavy atom. The topological polar surface area (TPSA) is 99.4 Å². The number of aromatic nitrogens is 5. The maximum Gasteiger partial charge on any atom is 0.258 e. The molecule has 176 valence electrons. The molecule has 0 bridgehead atoms. The second-order valence-corrected chi connectivity index (χ2v) is 8.58. The average Bonchev–Trinajstić information content (AvgIpc) is 3.33. The first kappa shape index (κ1) is 22.2. The van der Waals surface area contributed by atoms with Crippen molar-refractivity contribution in [2.45, 2.75) is 25.9 Å².